The number of rotatable bonds is 8. The standard InChI is InChI=1S/C20H26N2O5/c1-12(2)9-16(20(26)27-11-17(23)21-10-13(3)4)22-18(24)14-7-5-6-8-15(14)19(22)25/h5-8,12-13,16H,9-11H2,1-4H3,(H,21,23). The van der Waals surface area contributed by atoms with Crippen LogP contribution >= 0.6 is 0 Å². The molecule has 1 aromatic carbocycles. The summed E-state index contributed by atoms with van der Waals surface area (Å²) in [6.07, 6.45) is 0.262. The molecule has 0 bridgehead atoms. The Labute approximate surface area is 159 Å². The van der Waals surface area contributed by atoms with Crippen LogP contribution in [0, 0.1) is 11.8 Å². The third-order valence-electron chi connectivity index (χ3n) is 4.16. The van der Waals surface area contributed by atoms with Crippen molar-refractivity contribution in [2.75, 3.05) is 13.2 Å². The molecule has 0 radical (unpaired) electrons. The number of fused-ring (bicyclic) bond motifs is 1. The van der Waals surface area contributed by atoms with Crippen LogP contribution in [-0.2, 0) is 14.3 Å². The highest BCUT2D eigenvalue weighted by Crippen LogP contribution is 2.27. The molecule has 1 heterocycles. The molecule has 7 nitrogen and oxygen atoms in total. The van der Waals surface area contributed by atoms with Gasteiger partial charge in [-0.05, 0) is 30.4 Å². The van der Waals surface area contributed by atoms with E-state index >= 15 is 0 Å². The van der Waals surface area contributed by atoms with Gasteiger partial charge in [-0.3, -0.25) is 19.3 Å². The summed E-state index contributed by atoms with van der Waals surface area (Å²) in [5.74, 6) is -1.87. The minimum absolute atomic E-state index is 0.0432. The number of imide groups is 1. The lowest BCUT2D eigenvalue weighted by molar-refractivity contribution is -0.152. The largest absolute Gasteiger partial charge is 0.454 e. The third-order valence-corrected chi connectivity index (χ3v) is 4.16. The minimum Gasteiger partial charge on any atom is -0.454 e. The number of hydrogen-bond donors (Lipinski definition) is 1. The maximum absolute atomic E-state index is 12.7. The molecule has 0 saturated heterocycles. The van der Waals surface area contributed by atoms with Gasteiger partial charge in [-0.25, -0.2) is 4.79 Å². The van der Waals surface area contributed by atoms with Gasteiger partial charge in [0.1, 0.15) is 6.04 Å². The van der Waals surface area contributed by atoms with E-state index in [4.69, 9.17) is 4.74 Å². The zero-order valence-corrected chi connectivity index (χ0v) is 16.2. The lowest BCUT2D eigenvalue weighted by Gasteiger charge is -2.25. The van der Waals surface area contributed by atoms with Crippen LogP contribution in [0.4, 0.5) is 0 Å². The molecule has 0 aromatic heterocycles. The predicted octanol–water partition coefficient (Wildman–Crippen LogP) is 2.01. The SMILES string of the molecule is CC(C)CNC(=O)COC(=O)C(CC(C)C)N1C(=O)c2ccccc2C1=O. The Bertz CT molecular complexity index is 707. The molecule has 1 aliphatic rings. The van der Waals surface area contributed by atoms with Gasteiger partial charge in [-0.15, -0.1) is 0 Å². The van der Waals surface area contributed by atoms with Crippen LogP contribution in [0.2, 0.25) is 0 Å². The van der Waals surface area contributed by atoms with Gasteiger partial charge < -0.3 is 10.1 Å². The number of carbonyl (C=O) groups is 4. The highest BCUT2D eigenvalue weighted by molar-refractivity contribution is 6.22. The molecular formula is C20H26N2O5. The van der Waals surface area contributed by atoms with E-state index in [0.717, 1.165) is 4.90 Å². The number of nitrogens with one attached hydrogen (secondary N) is 1. The van der Waals surface area contributed by atoms with Crippen molar-refractivity contribution in [3.8, 4) is 0 Å². The van der Waals surface area contributed by atoms with E-state index in [1.807, 2.05) is 27.7 Å². The highest BCUT2D eigenvalue weighted by Gasteiger charge is 2.43. The minimum atomic E-state index is -1.06. The average Bonchev–Trinajstić information content (AvgIpc) is 2.87. The molecular weight excluding hydrogens is 348 g/mol. The van der Waals surface area contributed by atoms with Crippen molar-refractivity contribution in [3.63, 3.8) is 0 Å². The number of benzene rings is 1. The molecule has 1 aromatic rings. The number of hydrogen-bond acceptors (Lipinski definition) is 5. The van der Waals surface area contributed by atoms with Crippen LogP contribution in [0.5, 0.6) is 0 Å². The lowest BCUT2D eigenvalue weighted by Crippen LogP contribution is -2.47. The van der Waals surface area contributed by atoms with Crippen molar-refractivity contribution in [1.82, 2.24) is 10.2 Å². The van der Waals surface area contributed by atoms with Gasteiger partial charge in [0, 0.05) is 6.54 Å². The topological polar surface area (TPSA) is 92.8 Å². The van der Waals surface area contributed by atoms with E-state index in [9.17, 15) is 19.2 Å². The normalized spacial score (nSPS) is 14.5. The monoisotopic (exact) mass is 374 g/mol. The fourth-order valence-electron chi connectivity index (χ4n) is 2.85. The Balaban J connectivity index is 2.11. The van der Waals surface area contributed by atoms with Crippen molar-refractivity contribution in [3.05, 3.63) is 35.4 Å². The molecule has 2 rings (SSSR count). The number of esters is 1. The first-order valence-electron chi connectivity index (χ1n) is 9.12. The van der Waals surface area contributed by atoms with Gasteiger partial charge in [0.05, 0.1) is 11.1 Å². The maximum Gasteiger partial charge on any atom is 0.329 e. The van der Waals surface area contributed by atoms with Crippen molar-refractivity contribution in [1.29, 1.82) is 0 Å². The lowest BCUT2D eigenvalue weighted by atomic mass is 10.0. The van der Waals surface area contributed by atoms with Gasteiger partial charge in [0.15, 0.2) is 6.61 Å². The van der Waals surface area contributed by atoms with Gasteiger partial charge in [-0.2, -0.15) is 0 Å². The first kappa shape index (κ1) is 20.6. The fraction of sp³-hybridized carbons (Fsp3) is 0.500. The summed E-state index contributed by atoms with van der Waals surface area (Å²) < 4.78 is 5.11. The molecule has 146 valence electrons. The smallest absolute Gasteiger partial charge is 0.329 e. The first-order chi connectivity index (χ1) is 12.7. The summed E-state index contributed by atoms with van der Waals surface area (Å²) in [7, 11) is 0. The second-order valence-corrected chi connectivity index (χ2v) is 7.48. The molecule has 1 aliphatic heterocycles. The number of carbonyl (C=O) groups excluding carboxylic acids is 4. The van der Waals surface area contributed by atoms with Crippen LogP contribution < -0.4 is 5.32 Å². The molecule has 1 unspecified atom stereocenters. The Morgan fingerprint density at radius 3 is 2.04 bits per heavy atom. The summed E-state index contributed by atoms with van der Waals surface area (Å²) in [5.41, 5.74) is 0.553. The summed E-state index contributed by atoms with van der Waals surface area (Å²) in [5, 5.41) is 2.65. The zero-order chi connectivity index (χ0) is 20.1. The second kappa shape index (κ2) is 8.79. The highest BCUT2D eigenvalue weighted by atomic mass is 16.5. The van der Waals surface area contributed by atoms with E-state index in [1.54, 1.807) is 24.3 Å². The summed E-state index contributed by atoms with van der Waals surface area (Å²) in [6, 6.07) is 5.40. The van der Waals surface area contributed by atoms with Crippen LogP contribution in [0.15, 0.2) is 24.3 Å². The van der Waals surface area contributed by atoms with Crippen molar-refractivity contribution < 1.29 is 23.9 Å². The Kier molecular flexibility index (Phi) is 6.71. The van der Waals surface area contributed by atoms with Crippen molar-refractivity contribution in [2.24, 2.45) is 11.8 Å². The molecule has 7 heteroatoms. The van der Waals surface area contributed by atoms with E-state index in [2.05, 4.69) is 5.32 Å². The van der Waals surface area contributed by atoms with Crippen LogP contribution in [-0.4, -0.2) is 47.8 Å². The Morgan fingerprint density at radius 2 is 1.56 bits per heavy atom. The molecule has 0 fully saturated rings. The Hall–Kier alpha value is -2.70. The van der Waals surface area contributed by atoms with Crippen LogP contribution in [0.25, 0.3) is 0 Å². The van der Waals surface area contributed by atoms with Crippen molar-refractivity contribution >= 4 is 23.7 Å². The maximum atomic E-state index is 12.7. The number of amides is 3. The summed E-state index contributed by atoms with van der Waals surface area (Å²) >= 11 is 0. The fourth-order valence-corrected chi connectivity index (χ4v) is 2.85. The quantitative estimate of drug-likeness (QED) is 0.555. The number of ether oxygens (including phenoxy) is 1. The average molecular weight is 374 g/mol. The molecule has 1 N–H and O–H groups in total. The van der Waals surface area contributed by atoms with Gasteiger partial charge in [0.2, 0.25) is 0 Å². The molecule has 27 heavy (non-hydrogen) atoms. The molecule has 1 atom stereocenters. The molecule has 0 spiro atoms. The summed E-state index contributed by atoms with van der Waals surface area (Å²) in [6.45, 7) is 7.70. The molecule has 0 saturated carbocycles. The van der Waals surface area contributed by atoms with Crippen LogP contribution in [0.1, 0.15) is 54.8 Å². The Morgan fingerprint density at radius 1 is 1.00 bits per heavy atom. The summed E-state index contributed by atoms with van der Waals surface area (Å²) in [4.78, 5) is 50.7. The van der Waals surface area contributed by atoms with E-state index in [-0.39, 0.29) is 29.4 Å². The van der Waals surface area contributed by atoms with Gasteiger partial charge in [0.25, 0.3) is 17.7 Å². The van der Waals surface area contributed by atoms with E-state index in [1.165, 1.54) is 0 Å². The third kappa shape index (κ3) is 4.93. The van der Waals surface area contributed by atoms with Crippen LogP contribution in [0.3, 0.4) is 0 Å². The zero-order valence-electron chi connectivity index (χ0n) is 16.2. The molecule has 3 amide bonds. The number of nitrogens with zero attached hydrogens (tertiary/aromatic N) is 1. The first-order valence-corrected chi connectivity index (χ1v) is 9.12. The second-order valence-electron chi connectivity index (χ2n) is 7.48. The van der Waals surface area contributed by atoms with Gasteiger partial charge >= 0.3 is 5.97 Å². The van der Waals surface area contributed by atoms with Gasteiger partial charge in [-0.1, -0.05) is 39.8 Å². The molecule has 0 aliphatic carbocycles. The predicted molar refractivity (Wildman–Crippen MR) is 99.0 cm³/mol. The van der Waals surface area contributed by atoms with E-state index in [0.29, 0.717) is 6.54 Å². The van der Waals surface area contributed by atoms with E-state index < -0.39 is 36.3 Å². The van der Waals surface area contributed by atoms with Crippen molar-refractivity contribution in [2.45, 2.75) is 40.2 Å².